The molecule has 0 bridgehead atoms. The Balaban J connectivity index is 2.08. The fraction of sp³-hybridized carbons (Fsp3) is 0.391. The molecule has 0 spiro atoms. The summed E-state index contributed by atoms with van der Waals surface area (Å²) in [4.78, 5) is 17.9. The number of hydrogen-bond donors (Lipinski definition) is 2. The summed E-state index contributed by atoms with van der Waals surface area (Å²) in [6, 6.07) is 13.5. The van der Waals surface area contributed by atoms with Gasteiger partial charge in [0, 0.05) is 32.4 Å². The maximum atomic E-state index is 12.0. The van der Waals surface area contributed by atoms with Crippen LogP contribution in [0.2, 0.25) is 0 Å². The summed E-state index contributed by atoms with van der Waals surface area (Å²) in [5, 5.41) is 6.52. The fourth-order valence-corrected chi connectivity index (χ4v) is 2.70. The predicted octanol–water partition coefficient (Wildman–Crippen LogP) is 2.79. The topological polar surface area (TPSA) is 84.4 Å². The third-order valence-electron chi connectivity index (χ3n) is 4.46. The van der Waals surface area contributed by atoms with Gasteiger partial charge in [0.15, 0.2) is 17.5 Å². The minimum Gasteiger partial charge on any atom is -0.497 e. The quantitative estimate of drug-likeness (QED) is 0.447. The number of rotatable bonds is 10. The van der Waals surface area contributed by atoms with Crippen LogP contribution >= 0.6 is 0 Å². The molecule has 0 aromatic heterocycles. The second kappa shape index (κ2) is 12.3. The molecule has 2 rings (SSSR count). The molecule has 0 heterocycles. The summed E-state index contributed by atoms with van der Waals surface area (Å²) >= 11 is 0. The van der Waals surface area contributed by atoms with Gasteiger partial charge in [0.25, 0.3) is 0 Å². The van der Waals surface area contributed by atoms with E-state index in [-0.39, 0.29) is 12.5 Å². The first-order chi connectivity index (χ1) is 15.0. The summed E-state index contributed by atoms with van der Waals surface area (Å²) in [7, 11) is 6.66. The van der Waals surface area contributed by atoms with Gasteiger partial charge in [0.05, 0.1) is 20.8 Å². The van der Waals surface area contributed by atoms with Gasteiger partial charge in [-0.25, -0.2) is 4.99 Å². The van der Waals surface area contributed by atoms with Gasteiger partial charge in [-0.05, 0) is 43.2 Å². The monoisotopic (exact) mass is 428 g/mol. The number of aliphatic imine (C=N–C) groups is 1. The molecule has 0 saturated heterocycles. The molecule has 8 heteroatoms. The number of ether oxygens (including phenoxy) is 3. The molecule has 0 unspecified atom stereocenters. The molecular weight excluding hydrogens is 396 g/mol. The zero-order valence-electron chi connectivity index (χ0n) is 18.9. The number of guanidine groups is 1. The Morgan fingerprint density at radius 3 is 2.39 bits per heavy atom. The van der Waals surface area contributed by atoms with Crippen LogP contribution < -0.4 is 24.8 Å². The van der Waals surface area contributed by atoms with E-state index in [0.717, 1.165) is 17.9 Å². The molecule has 8 nitrogen and oxygen atoms in total. The van der Waals surface area contributed by atoms with Crippen molar-refractivity contribution in [1.82, 2.24) is 10.2 Å². The number of methoxy groups -OCH3 is 2. The third-order valence-corrected chi connectivity index (χ3v) is 4.46. The van der Waals surface area contributed by atoms with Crippen LogP contribution in [0.25, 0.3) is 0 Å². The van der Waals surface area contributed by atoms with E-state index in [9.17, 15) is 4.79 Å². The highest BCUT2D eigenvalue weighted by molar-refractivity contribution is 5.95. The predicted molar refractivity (Wildman–Crippen MR) is 123 cm³/mol. The van der Waals surface area contributed by atoms with E-state index in [1.54, 1.807) is 28.3 Å². The molecule has 0 saturated carbocycles. The van der Waals surface area contributed by atoms with Crippen LogP contribution in [0.1, 0.15) is 12.5 Å². The lowest BCUT2D eigenvalue weighted by Crippen LogP contribution is -2.34. The molecule has 2 aromatic carbocycles. The Morgan fingerprint density at radius 1 is 1.03 bits per heavy atom. The fourth-order valence-electron chi connectivity index (χ4n) is 2.70. The number of anilines is 1. The number of amides is 1. The van der Waals surface area contributed by atoms with Gasteiger partial charge in [-0.1, -0.05) is 12.1 Å². The number of nitrogens with zero attached hydrogens (tertiary/aromatic N) is 2. The van der Waals surface area contributed by atoms with E-state index in [4.69, 9.17) is 14.2 Å². The van der Waals surface area contributed by atoms with Crippen LogP contribution in [0.5, 0.6) is 17.2 Å². The first-order valence-electron chi connectivity index (χ1n) is 10.2. The van der Waals surface area contributed by atoms with Gasteiger partial charge in [-0.2, -0.15) is 0 Å². The van der Waals surface area contributed by atoms with E-state index in [2.05, 4.69) is 15.6 Å². The largest absolute Gasteiger partial charge is 0.497 e. The average molecular weight is 429 g/mol. The molecular formula is C23H32N4O4. The van der Waals surface area contributed by atoms with Gasteiger partial charge in [0.1, 0.15) is 12.3 Å². The summed E-state index contributed by atoms with van der Waals surface area (Å²) < 4.78 is 16.2. The first-order valence-corrected chi connectivity index (χ1v) is 10.2. The van der Waals surface area contributed by atoms with Crippen LogP contribution in [0, 0.1) is 0 Å². The van der Waals surface area contributed by atoms with Crippen molar-refractivity contribution in [3.05, 3.63) is 48.0 Å². The van der Waals surface area contributed by atoms with Crippen molar-refractivity contribution in [2.45, 2.75) is 13.3 Å². The molecule has 0 aliphatic heterocycles. The molecule has 2 N–H and O–H groups in total. The summed E-state index contributed by atoms with van der Waals surface area (Å²) in [6.45, 7) is 3.15. The molecule has 2 aromatic rings. The van der Waals surface area contributed by atoms with Crippen molar-refractivity contribution in [2.75, 3.05) is 53.3 Å². The highest BCUT2D eigenvalue weighted by Crippen LogP contribution is 2.30. The molecule has 0 fully saturated rings. The molecule has 0 radical (unpaired) electrons. The maximum Gasteiger partial charge on any atom is 0.243 e. The van der Waals surface area contributed by atoms with E-state index in [1.807, 2.05) is 49.4 Å². The standard InChI is InChI=1S/C23H32N4O4/c1-6-31-20-12-9-18(15-21(20)30-5)26-23(25-16-22(28)27(2)3)24-14-13-17-7-10-19(29-4)11-8-17/h7-12,15H,6,13-14,16H2,1-5H3,(H2,24,25,26). The van der Waals surface area contributed by atoms with Crippen molar-refractivity contribution < 1.29 is 19.0 Å². The SMILES string of the molecule is CCOc1ccc(NC(=NCC(=O)N(C)C)NCCc2ccc(OC)cc2)cc1OC. The van der Waals surface area contributed by atoms with Gasteiger partial charge in [-0.3, -0.25) is 4.79 Å². The summed E-state index contributed by atoms with van der Waals surface area (Å²) in [5.74, 6) is 2.54. The Labute approximate surface area is 184 Å². The number of carbonyl (C=O) groups excluding carboxylic acids is 1. The van der Waals surface area contributed by atoms with Crippen LogP contribution in [-0.2, 0) is 11.2 Å². The molecule has 0 aliphatic rings. The maximum absolute atomic E-state index is 12.0. The number of benzene rings is 2. The van der Waals surface area contributed by atoms with Crippen molar-refractivity contribution in [1.29, 1.82) is 0 Å². The lowest BCUT2D eigenvalue weighted by molar-refractivity contribution is -0.127. The van der Waals surface area contributed by atoms with E-state index >= 15 is 0 Å². The zero-order chi connectivity index (χ0) is 22.6. The second-order valence-electron chi connectivity index (χ2n) is 6.90. The van der Waals surface area contributed by atoms with Crippen LogP contribution in [0.4, 0.5) is 5.69 Å². The van der Waals surface area contributed by atoms with Crippen molar-refractivity contribution >= 4 is 17.6 Å². The van der Waals surface area contributed by atoms with Gasteiger partial charge in [-0.15, -0.1) is 0 Å². The van der Waals surface area contributed by atoms with E-state index < -0.39 is 0 Å². The van der Waals surface area contributed by atoms with Crippen LogP contribution in [0.15, 0.2) is 47.5 Å². The lowest BCUT2D eigenvalue weighted by atomic mass is 10.1. The van der Waals surface area contributed by atoms with Crippen molar-refractivity contribution in [3.8, 4) is 17.2 Å². The van der Waals surface area contributed by atoms with Crippen LogP contribution in [-0.4, -0.2) is 64.8 Å². The summed E-state index contributed by atoms with van der Waals surface area (Å²) in [5.41, 5.74) is 1.94. The molecule has 0 aliphatic carbocycles. The highest BCUT2D eigenvalue weighted by Gasteiger charge is 2.09. The average Bonchev–Trinajstić information content (AvgIpc) is 2.78. The van der Waals surface area contributed by atoms with Gasteiger partial charge < -0.3 is 29.7 Å². The normalized spacial score (nSPS) is 10.9. The molecule has 31 heavy (non-hydrogen) atoms. The van der Waals surface area contributed by atoms with E-state index in [0.29, 0.717) is 30.6 Å². The van der Waals surface area contributed by atoms with E-state index in [1.165, 1.54) is 10.5 Å². The minimum absolute atomic E-state index is 0.0407. The third kappa shape index (κ3) is 7.73. The molecule has 0 atom stereocenters. The van der Waals surface area contributed by atoms with Crippen molar-refractivity contribution in [3.63, 3.8) is 0 Å². The Bertz CT molecular complexity index is 866. The number of carbonyl (C=O) groups is 1. The number of nitrogens with one attached hydrogen (secondary N) is 2. The number of likely N-dealkylation sites (N-methyl/N-ethyl adjacent to an activating group) is 1. The lowest BCUT2D eigenvalue weighted by Gasteiger charge is -2.16. The first kappa shape index (κ1) is 23.9. The van der Waals surface area contributed by atoms with Crippen molar-refractivity contribution in [2.24, 2.45) is 4.99 Å². The second-order valence-corrected chi connectivity index (χ2v) is 6.90. The molecule has 168 valence electrons. The Hall–Kier alpha value is -3.42. The minimum atomic E-state index is -0.0828. The van der Waals surface area contributed by atoms with Gasteiger partial charge >= 0.3 is 0 Å². The molecule has 1 amide bonds. The Morgan fingerprint density at radius 2 is 1.77 bits per heavy atom. The Kier molecular flexibility index (Phi) is 9.48. The number of hydrogen-bond acceptors (Lipinski definition) is 5. The van der Waals surface area contributed by atoms with Crippen LogP contribution in [0.3, 0.4) is 0 Å². The highest BCUT2D eigenvalue weighted by atomic mass is 16.5. The summed E-state index contributed by atoms with van der Waals surface area (Å²) in [6.07, 6.45) is 0.791. The van der Waals surface area contributed by atoms with Gasteiger partial charge in [0.2, 0.25) is 5.91 Å². The smallest absolute Gasteiger partial charge is 0.243 e. The zero-order valence-corrected chi connectivity index (χ0v) is 18.9.